The van der Waals surface area contributed by atoms with Crippen molar-refractivity contribution in [2.75, 3.05) is 20.3 Å². The van der Waals surface area contributed by atoms with Gasteiger partial charge in [-0.15, -0.1) is 0 Å². The van der Waals surface area contributed by atoms with E-state index < -0.39 is 0 Å². The zero-order chi connectivity index (χ0) is 22.8. The van der Waals surface area contributed by atoms with Gasteiger partial charge in [0, 0.05) is 10.0 Å². The van der Waals surface area contributed by atoms with E-state index in [1.165, 1.54) is 11.3 Å². The molecule has 0 saturated carbocycles. The van der Waals surface area contributed by atoms with E-state index in [-0.39, 0.29) is 5.56 Å². The van der Waals surface area contributed by atoms with Gasteiger partial charge in [-0.3, -0.25) is 4.79 Å². The number of rotatable bonds is 7. The van der Waals surface area contributed by atoms with Crippen LogP contribution in [-0.2, 0) is 0 Å². The Balaban J connectivity index is 1.40. The summed E-state index contributed by atoms with van der Waals surface area (Å²) in [5, 5.41) is 0. The second-order valence-corrected chi connectivity index (χ2v) is 9.09. The van der Waals surface area contributed by atoms with Crippen molar-refractivity contribution >= 4 is 49.3 Å². The molecule has 0 spiro atoms. The lowest BCUT2D eigenvalue weighted by atomic mass is 10.2. The predicted octanol–water partition coefficient (Wildman–Crippen LogP) is 4.69. The van der Waals surface area contributed by atoms with E-state index in [1.807, 2.05) is 72.8 Å². The minimum atomic E-state index is -0.0888. The van der Waals surface area contributed by atoms with Gasteiger partial charge in [-0.1, -0.05) is 51.5 Å². The molecule has 5 rings (SSSR count). The summed E-state index contributed by atoms with van der Waals surface area (Å²) in [6, 6.07) is 20.8. The molecule has 0 aliphatic heterocycles. The first-order valence-corrected chi connectivity index (χ1v) is 11.8. The number of nitrogens with zero attached hydrogens (tertiary/aromatic N) is 2. The summed E-state index contributed by atoms with van der Waals surface area (Å²) < 4.78 is 20.2. The minimum Gasteiger partial charge on any atom is -0.493 e. The van der Waals surface area contributed by atoms with Crippen LogP contribution < -0.4 is 24.3 Å². The van der Waals surface area contributed by atoms with Gasteiger partial charge in [0.1, 0.15) is 19.0 Å². The van der Waals surface area contributed by atoms with Gasteiger partial charge in [0.15, 0.2) is 16.5 Å². The van der Waals surface area contributed by atoms with Gasteiger partial charge in [-0.05, 0) is 48.5 Å². The largest absolute Gasteiger partial charge is 0.493 e. The quantitative estimate of drug-likeness (QED) is 0.290. The molecule has 0 unspecified atom stereocenters. The van der Waals surface area contributed by atoms with Crippen LogP contribution in [0.5, 0.6) is 17.2 Å². The number of benzene rings is 3. The molecule has 3 aromatic carbocycles. The number of ether oxygens (including phenoxy) is 3. The zero-order valence-corrected chi connectivity index (χ0v) is 20.1. The molecule has 0 aliphatic rings. The Labute approximate surface area is 201 Å². The van der Waals surface area contributed by atoms with Gasteiger partial charge in [0.25, 0.3) is 5.56 Å². The molecule has 6 nitrogen and oxygen atoms in total. The smallest absolute Gasteiger partial charge is 0.274 e. The highest BCUT2D eigenvalue weighted by Gasteiger charge is 2.12. The number of methoxy groups -OCH3 is 1. The Morgan fingerprint density at radius 3 is 2.52 bits per heavy atom. The number of hydrogen-bond acceptors (Lipinski definition) is 6. The predicted molar refractivity (Wildman–Crippen MR) is 134 cm³/mol. The average molecular weight is 523 g/mol. The number of thiazole rings is 1. The van der Waals surface area contributed by atoms with Crippen molar-refractivity contribution < 1.29 is 14.2 Å². The maximum absolute atomic E-state index is 13.1. The second-order valence-electron chi connectivity index (χ2n) is 7.16. The first-order valence-electron chi connectivity index (χ1n) is 10.2. The van der Waals surface area contributed by atoms with Crippen molar-refractivity contribution in [3.05, 3.63) is 91.7 Å². The average Bonchev–Trinajstić information content (AvgIpc) is 3.34. The molecule has 33 heavy (non-hydrogen) atoms. The summed E-state index contributed by atoms with van der Waals surface area (Å²) in [6.07, 6.45) is 1.84. The van der Waals surface area contributed by atoms with E-state index in [0.717, 1.165) is 21.1 Å². The molecule has 2 aromatic heterocycles. The fourth-order valence-corrected chi connectivity index (χ4v) is 4.91. The van der Waals surface area contributed by atoms with Crippen LogP contribution in [0, 0.1) is 0 Å². The molecule has 0 N–H and O–H groups in total. The van der Waals surface area contributed by atoms with E-state index in [1.54, 1.807) is 11.5 Å². The third-order valence-corrected chi connectivity index (χ3v) is 6.53. The number of imidazole rings is 1. The zero-order valence-electron chi connectivity index (χ0n) is 17.7. The molecule has 0 saturated heterocycles. The van der Waals surface area contributed by atoms with Crippen LogP contribution >= 0.6 is 27.3 Å². The Hall–Kier alpha value is -3.36. The summed E-state index contributed by atoms with van der Waals surface area (Å²) in [5.74, 6) is 2.00. The van der Waals surface area contributed by atoms with Gasteiger partial charge in [0.05, 0.1) is 22.7 Å². The molecular weight excluding hydrogens is 504 g/mol. The highest BCUT2D eigenvalue weighted by molar-refractivity contribution is 9.10. The monoisotopic (exact) mass is 522 g/mol. The number of aromatic nitrogens is 2. The summed E-state index contributed by atoms with van der Waals surface area (Å²) in [5.41, 5.74) is 2.34. The van der Waals surface area contributed by atoms with Crippen LogP contribution in [0.4, 0.5) is 0 Å². The fourth-order valence-electron chi connectivity index (χ4n) is 3.56. The molecule has 0 aliphatic carbocycles. The van der Waals surface area contributed by atoms with Gasteiger partial charge < -0.3 is 14.2 Å². The highest BCUT2D eigenvalue weighted by atomic mass is 79.9. The molecule has 2 heterocycles. The molecule has 0 amide bonds. The summed E-state index contributed by atoms with van der Waals surface area (Å²) in [7, 11) is 1.61. The molecule has 0 radical (unpaired) electrons. The lowest BCUT2D eigenvalue weighted by Crippen LogP contribution is -2.22. The first-order chi connectivity index (χ1) is 16.1. The van der Waals surface area contributed by atoms with Crippen LogP contribution in [0.15, 0.2) is 76.0 Å². The van der Waals surface area contributed by atoms with E-state index >= 15 is 0 Å². The second kappa shape index (κ2) is 9.25. The van der Waals surface area contributed by atoms with E-state index in [2.05, 4.69) is 20.9 Å². The van der Waals surface area contributed by atoms with E-state index in [0.29, 0.717) is 40.0 Å². The van der Waals surface area contributed by atoms with Gasteiger partial charge >= 0.3 is 0 Å². The number of hydrogen-bond donors (Lipinski definition) is 0. The highest BCUT2D eigenvalue weighted by Crippen LogP contribution is 2.27. The van der Waals surface area contributed by atoms with Crippen LogP contribution in [-0.4, -0.2) is 29.7 Å². The Morgan fingerprint density at radius 2 is 1.70 bits per heavy atom. The third-order valence-electron chi connectivity index (χ3n) is 5.07. The van der Waals surface area contributed by atoms with Crippen molar-refractivity contribution in [3.63, 3.8) is 0 Å². The SMILES string of the molecule is COc1ccccc1OCCOc1ccc(Br)cc1C=c1sc2nc3ccccc3n2c1=O. The van der Waals surface area contributed by atoms with Crippen LogP contribution in [0.2, 0.25) is 0 Å². The number of fused-ring (bicyclic) bond motifs is 3. The molecule has 5 aromatic rings. The Kier molecular flexibility index (Phi) is 6.02. The van der Waals surface area contributed by atoms with E-state index in [9.17, 15) is 4.79 Å². The van der Waals surface area contributed by atoms with Gasteiger partial charge in [-0.25, -0.2) is 9.38 Å². The van der Waals surface area contributed by atoms with Crippen molar-refractivity contribution in [1.29, 1.82) is 0 Å². The molecule has 166 valence electrons. The maximum Gasteiger partial charge on any atom is 0.274 e. The maximum atomic E-state index is 13.1. The lowest BCUT2D eigenvalue weighted by Gasteiger charge is -2.12. The molecule has 0 fully saturated rings. The van der Waals surface area contributed by atoms with Crippen molar-refractivity contribution in [1.82, 2.24) is 9.38 Å². The minimum absolute atomic E-state index is 0.0888. The molecule has 0 bridgehead atoms. The van der Waals surface area contributed by atoms with Crippen LogP contribution in [0.1, 0.15) is 5.56 Å². The summed E-state index contributed by atoms with van der Waals surface area (Å²) in [6.45, 7) is 0.685. The number of halogens is 1. The summed E-state index contributed by atoms with van der Waals surface area (Å²) >= 11 is 4.87. The lowest BCUT2D eigenvalue weighted by molar-refractivity contribution is 0.211. The van der Waals surface area contributed by atoms with Gasteiger partial charge in [0.2, 0.25) is 0 Å². The topological polar surface area (TPSA) is 62.1 Å². The van der Waals surface area contributed by atoms with Crippen molar-refractivity contribution in [3.8, 4) is 17.2 Å². The van der Waals surface area contributed by atoms with E-state index in [4.69, 9.17) is 14.2 Å². The first kappa shape index (κ1) is 21.5. The summed E-state index contributed by atoms with van der Waals surface area (Å²) in [4.78, 5) is 18.4. The normalized spacial score (nSPS) is 11.9. The van der Waals surface area contributed by atoms with Crippen LogP contribution in [0.25, 0.3) is 22.1 Å². The molecule has 0 atom stereocenters. The van der Waals surface area contributed by atoms with Crippen molar-refractivity contribution in [2.24, 2.45) is 0 Å². The third kappa shape index (κ3) is 4.31. The Bertz CT molecular complexity index is 1560. The molecular formula is C25H19BrN2O4S. The standard InChI is InChI=1S/C25H19BrN2O4S/c1-30-21-8-4-5-9-22(21)32-13-12-31-20-11-10-17(26)14-16(20)15-23-24(29)28-19-7-3-2-6-18(19)27-25(28)33-23/h2-11,14-15H,12-13H2,1H3. The fraction of sp³-hybridized carbons (Fsp3) is 0.120. The number of para-hydroxylation sites is 4. The van der Waals surface area contributed by atoms with Crippen LogP contribution in [0.3, 0.4) is 0 Å². The molecule has 8 heteroatoms. The van der Waals surface area contributed by atoms with Gasteiger partial charge in [-0.2, -0.15) is 0 Å². The van der Waals surface area contributed by atoms with Crippen molar-refractivity contribution in [2.45, 2.75) is 0 Å². The Morgan fingerprint density at radius 1 is 0.970 bits per heavy atom.